The molecule has 1 N–H and O–H groups in total. The summed E-state index contributed by atoms with van der Waals surface area (Å²) >= 11 is 0. The van der Waals surface area contributed by atoms with E-state index < -0.39 is 12.3 Å². The van der Waals surface area contributed by atoms with Gasteiger partial charge in [-0.05, 0) is 42.3 Å². The van der Waals surface area contributed by atoms with Crippen LogP contribution in [0, 0.1) is 0 Å². The number of amides is 1. The minimum atomic E-state index is -4.75. The summed E-state index contributed by atoms with van der Waals surface area (Å²) in [5.74, 6) is -0.853. The molecule has 0 spiro atoms. The fourth-order valence-corrected chi connectivity index (χ4v) is 2.52. The number of carbonyl (C=O) groups excluding carboxylic acids is 1. The lowest BCUT2D eigenvalue weighted by Gasteiger charge is -2.09. The van der Waals surface area contributed by atoms with Gasteiger partial charge < -0.3 is 10.1 Å². The quantitative estimate of drug-likeness (QED) is 0.922. The summed E-state index contributed by atoms with van der Waals surface area (Å²) in [5, 5.41) is 14.2. The van der Waals surface area contributed by atoms with E-state index in [9.17, 15) is 18.0 Å². The van der Waals surface area contributed by atoms with E-state index in [1.807, 2.05) is 0 Å². The molecule has 0 bridgehead atoms. The molecule has 1 aromatic heterocycles. The summed E-state index contributed by atoms with van der Waals surface area (Å²) in [6.07, 6.45) is -0.728. The topological polar surface area (TPSA) is 81.9 Å². The third kappa shape index (κ3) is 4.00. The van der Waals surface area contributed by atoms with Gasteiger partial charge in [0.25, 0.3) is 11.7 Å². The first kappa shape index (κ1) is 16.2. The van der Waals surface area contributed by atoms with Crippen LogP contribution in [0.3, 0.4) is 0 Å². The van der Waals surface area contributed by atoms with Crippen molar-refractivity contribution < 1.29 is 22.7 Å². The molecule has 0 atom stereocenters. The predicted octanol–water partition coefficient (Wildman–Crippen LogP) is 2.23. The number of aromatic nitrogens is 4. The first-order valence-electron chi connectivity index (χ1n) is 7.38. The number of nitrogens with zero attached hydrogens (tertiary/aromatic N) is 4. The molecule has 0 radical (unpaired) electrons. The fraction of sp³-hybridized carbons (Fsp3) is 0.429. The minimum absolute atomic E-state index is 0.0856. The summed E-state index contributed by atoms with van der Waals surface area (Å²) in [5.41, 5.74) is 0.358. The standard InChI is InChI=1S/C14H14F3N5O2/c15-14(16,17)24-11-7-5-10(6-8-11)22-20-12(19-21-22)13(23)18-9-3-1-2-4-9/h5-9H,1-4H2,(H,18,23). The van der Waals surface area contributed by atoms with Gasteiger partial charge >= 0.3 is 6.36 Å². The van der Waals surface area contributed by atoms with Crippen molar-refractivity contribution in [3.05, 3.63) is 30.1 Å². The number of hydrogen-bond acceptors (Lipinski definition) is 5. The zero-order valence-electron chi connectivity index (χ0n) is 12.5. The molecule has 10 heteroatoms. The largest absolute Gasteiger partial charge is 0.573 e. The van der Waals surface area contributed by atoms with E-state index in [0.29, 0.717) is 5.69 Å². The molecule has 0 aliphatic heterocycles. The lowest BCUT2D eigenvalue weighted by molar-refractivity contribution is -0.274. The third-order valence-corrected chi connectivity index (χ3v) is 3.61. The van der Waals surface area contributed by atoms with Gasteiger partial charge in [-0.2, -0.15) is 0 Å². The molecule has 0 unspecified atom stereocenters. The number of ether oxygens (including phenoxy) is 1. The Morgan fingerprint density at radius 1 is 1.21 bits per heavy atom. The molecule has 1 fully saturated rings. The number of tetrazole rings is 1. The Labute approximate surface area is 134 Å². The molecule has 0 saturated heterocycles. The van der Waals surface area contributed by atoms with Gasteiger partial charge in [0.15, 0.2) is 0 Å². The van der Waals surface area contributed by atoms with Crippen LogP contribution < -0.4 is 10.1 Å². The molecule has 1 heterocycles. The van der Waals surface area contributed by atoms with Gasteiger partial charge in [-0.25, -0.2) is 0 Å². The van der Waals surface area contributed by atoms with Crippen LogP contribution in [-0.2, 0) is 0 Å². The minimum Gasteiger partial charge on any atom is -0.406 e. The van der Waals surface area contributed by atoms with Crippen molar-refractivity contribution in [2.45, 2.75) is 38.1 Å². The van der Waals surface area contributed by atoms with Gasteiger partial charge in [-0.1, -0.05) is 12.8 Å². The second-order valence-electron chi connectivity index (χ2n) is 5.40. The van der Waals surface area contributed by atoms with E-state index in [2.05, 4.69) is 25.5 Å². The number of carbonyl (C=O) groups is 1. The zero-order chi connectivity index (χ0) is 17.2. The normalized spacial score (nSPS) is 15.5. The van der Waals surface area contributed by atoms with Crippen molar-refractivity contribution in [1.29, 1.82) is 0 Å². The Morgan fingerprint density at radius 2 is 1.88 bits per heavy atom. The van der Waals surface area contributed by atoms with E-state index in [-0.39, 0.29) is 17.6 Å². The summed E-state index contributed by atoms with van der Waals surface area (Å²) in [7, 11) is 0. The number of alkyl halides is 3. The lowest BCUT2D eigenvalue weighted by atomic mass is 10.2. The van der Waals surface area contributed by atoms with Gasteiger partial charge in [-0.15, -0.1) is 28.2 Å². The first-order chi connectivity index (χ1) is 11.4. The molecular weight excluding hydrogens is 327 g/mol. The number of hydrogen-bond donors (Lipinski definition) is 1. The summed E-state index contributed by atoms with van der Waals surface area (Å²) in [4.78, 5) is 13.1. The molecule has 7 nitrogen and oxygen atoms in total. The highest BCUT2D eigenvalue weighted by Crippen LogP contribution is 2.23. The molecular formula is C14H14F3N5O2. The molecule has 1 amide bonds. The highest BCUT2D eigenvalue weighted by Gasteiger charge is 2.31. The van der Waals surface area contributed by atoms with Crippen LogP contribution in [-0.4, -0.2) is 38.5 Å². The Hall–Kier alpha value is -2.65. The highest BCUT2D eigenvalue weighted by molar-refractivity contribution is 5.90. The average molecular weight is 341 g/mol. The van der Waals surface area contributed by atoms with E-state index in [1.165, 1.54) is 12.1 Å². The summed E-state index contributed by atoms with van der Waals surface area (Å²) < 4.78 is 40.1. The van der Waals surface area contributed by atoms with Gasteiger partial charge in [0, 0.05) is 6.04 Å². The van der Waals surface area contributed by atoms with Crippen LogP contribution in [0.15, 0.2) is 24.3 Å². The van der Waals surface area contributed by atoms with Crippen LogP contribution in [0.2, 0.25) is 0 Å². The number of benzene rings is 1. The van der Waals surface area contributed by atoms with E-state index in [0.717, 1.165) is 42.6 Å². The fourth-order valence-electron chi connectivity index (χ4n) is 2.52. The third-order valence-electron chi connectivity index (χ3n) is 3.61. The average Bonchev–Trinajstić information content (AvgIpc) is 3.17. The molecule has 1 aromatic carbocycles. The molecule has 1 saturated carbocycles. The van der Waals surface area contributed by atoms with Crippen molar-refractivity contribution in [2.24, 2.45) is 0 Å². The second-order valence-corrected chi connectivity index (χ2v) is 5.40. The van der Waals surface area contributed by atoms with E-state index in [1.54, 1.807) is 0 Å². The van der Waals surface area contributed by atoms with Crippen LogP contribution in [0.4, 0.5) is 13.2 Å². The number of nitrogens with one attached hydrogen (secondary N) is 1. The summed E-state index contributed by atoms with van der Waals surface area (Å²) in [6.45, 7) is 0. The SMILES string of the molecule is O=C(NC1CCCC1)c1nnn(-c2ccc(OC(F)(F)F)cc2)n1. The van der Waals surface area contributed by atoms with Gasteiger partial charge in [0.1, 0.15) is 5.75 Å². The Kier molecular flexibility index (Phi) is 4.36. The number of rotatable bonds is 4. The molecule has 2 aromatic rings. The maximum Gasteiger partial charge on any atom is 0.573 e. The van der Waals surface area contributed by atoms with Crippen LogP contribution in [0.1, 0.15) is 36.3 Å². The second kappa shape index (κ2) is 6.46. The maximum atomic E-state index is 12.1. The van der Waals surface area contributed by atoms with Gasteiger partial charge in [-0.3, -0.25) is 4.79 Å². The van der Waals surface area contributed by atoms with Crippen LogP contribution >= 0.6 is 0 Å². The van der Waals surface area contributed by atoms with Gasteiger partial charge in [0.05, 0.1) is 5.69 Å². The maximum absolute atomic E-state index is 12.1. The summed E-state index contributed by atoms with van der Waals surface area (Å²) in [6, 6.07) is 5.06. The van der Waals surface area contributed by atoms with Crippen molar-refractivity contribution >= 4 is 5.91 Å². The Bertz CT molecular complexity index is 708. The molecule has 1 aliphatic carbocycles. The molecule has 3 rings (SSSR count). The zero-order valence-corrected chi connectivity index (χ0v) is 12.5. The van der Waals surface area contributed by atoms with Gasteiger partial charge in [0.2, 0.25) is 0 Å². The van der Waals surface area contributed by atoms with Crippen LogP contribution in [0.5, 0.6) is 5.75 Å². The number of halogens is 3. The Balaban J connectivity index is 1.67. The van der Waals surface area contributed by atoms with E-state index in [4.69, 9.17) is 0 Å². The lowest BCUT2D eigenvalue weighted by Crippen LogP contribution is -2.33. The van der Waals surface area contributed by atoms with Crippen LogP contribution in [0.25, 0.3) is 5.69 Å². The monoisotopic (exact) mass is 341 g/mol. The van der Waals surface area contributed by atoms with Crippen molar-refractivity contribution in [3.8, 4) is 11.4 Å². The van der Waals surface area contributed by atoms with Crippen molar-refractivity contribution in [1.82, 2.24) is 25.5 Å². The van der Waals surface area contributed by atoms with E-state index >= 15 is 0 Å². The van der Waals surface area contributed by atoms with Crippen molar-refractivity contribution in [3.63, 3.8) is 0 Å². The van der Waals surface area contributed by atoms with Crippen molar-refractivity contribution in [2.75, 3.05) is 0 Å². The smallest absolute Gasteiger partial charge is 0.406 e. The molecule has 1 aliphatic rings. The molecule has 128 valence electrons. The Morgan fingerprint density at radius 3 is 2.50 bits per heavy atom. The first-order valence-corrected chi connectivity index (χ1v) is 7.38. The highest BCUT2D eigenvalue weighted by atomic mass is 19.4. The molecule has 24 heavy (non-hydrogen) atoms. The predicted molar refractivity (Wildman–Crippen MR) is 75.6 cm³/mol.